The zero-order valence-electron chi connectivity index (χ0n) is 11.2. The van der Waals surface area contributed by atoms with E-state index in [1.54, 1.807) is 4.90 Å². The molecule has 0 radical (unpaired) electrons. The van der Waals surface area contributed by atoms with E-state index in [0.717, 1.165) is 19.4 Å². The third-order valence-corrected chi connectivity index (χ3v) is 3.14. The molecule has 1 unspecified atom stereocenters. The molecule has 1 aromatic heterocycles. The topological polar surface area (TPSA) is 114 Å². The van der Waals surface area contributed by atoms with Gasteiger partial charge in [-0.15, -0.1) is 0 Å². The van der Waals surface area contributed by atoms with Gasteiger partial charge in [0.25, 0.3) is 0 Å². The number of piperidine rings is 1. The van der Waals surface area contributed by atoms with Gasteiger partial charge >= 0.3 is 0 Å². The average Bonchev–Trinajstić information content (AvgIpc) is 2.38. The van der Waals surface area contributed by atoms with Gasteiger partial charge in [-0.1, -0.05) is 0 Å². The predicted molar refractivity (Wildman–Crippen MR) is 72.7 cm³/mol. The minimum Gasteiger partial charge on any atom is -0.369 e. The number of nitrogens with two attached hydrogens (primary N) is 2. The molecule has 0 bridgehead atoms. The molecule has 1 amide bonds. The largest absolute Gasteiger partial charge is 0.369 e. The van der Waals surface area contributed by atoms with Gasteiger partial charge in [-0.25, -0.2) is 0 Å². The van der Waals surface area contributed by atoms with E-state index in [-0.39, 0.29) is 17.8 Å². The van der Waals surface area contributed by atoms with Crippen molar-refractivity contribution >= 4 is 23.8 Å². The number of rotatable bonds is 3. The highest BCUT2D eigenvalue weighted by Gasteiger charge is 2.26. The Hall–Kier alpha value is -2.12. The van der Waals surface area contributed by atoms with E-state index in [2.05, 4.69) is 15.0 Å². The zero-order valence-corrected chi connectivity index (χ0v) is 11.2. The maximum absolute atomic E-state index is 11.3. The lowest BCUT2D eigenvalue weighted by molar-refractivity contribution is -0.122. The number of anilines is 3. The van der Waals surface area contributed by atoms with Crippen molar-refractivity contribution < 1.29 is 4.79 Å². The Morgan fingerprint density at radius 1 is 1.37 bits per heavy atom. The summed E-state index contributed by atoms with van der Waals surface area (Å²) >= 11 is 0. The van der Waals surface area contributed by atoms with Gasteiger partial charge in [-0.2, -0.15) is 15.0 Å². The molecule has 0 aliphatic carbocycles. The van der Waals surface area contributed by atoms with E-state index in [1.165, 1.54) is 0 Å². The number of aromatic nitrogens is 3. The second-order valence-corrected chi connectivity index (χ2v) is 4.88. The normalized spacial score (nSPS) is 19.3. The van der Waals surface area contributed by atoms with Gasteiger partial charge in [0.1, 0.15) is 0 Å². The molecule has 0 saturated carbocycles. The molecule has 8 heteroatoms. The average molecular weight is 265 g/mol. The first-order chi connectivity index (χ1) is 8.97. The van der Waals surface area contributed by atoms with E-state index >= 15 is 0 Å². The summed E-state index contributed by atoms with van der Waals surface area (Å²) in [6.07, 6.45) is 1.70. The summed E-state index contributed by atoms with van der Waals surface area (Å²) in [6.45, 7) is 1.33. The van der Waals surface area contributed by atoms with Crippen LogP contribution in [0.25, 0.3) is 0 Å². The Kier molecular flexibility index (Phi) is 3.68. The Labute approximate surface area is 111 Å². The van der Waals surface area contributed by atoms with E-state index in [1.807, 2.05) is 19.0 Å². The van der Waals surface area contributed by atoms with Crippen LogP contribution in [-0.2, 0) is 4.79 Å². The van der Waals surface area contributed by atoms with Gasteiger partial charge < -0.3 is 21.3 Å². The molecule has 2 heterocycles. The van der Waals surface area contributed by atoms with Crippen molar-refractivity contribution in [2.45, 2.75) is 12.8 Å². The summed E-state index contributed by atoms with van der Waals surface area (Å²) in [5.74, 6) is 0.745. The predicted octanol–water partition coefficient (Wildman–Crippen LogP) is -0.778. The van der Waals surface area contributed by atoms with E-state index in [4.69, 9.17) is 11.5 Å². The smallest absolute Gasteiger partial charge is 0.231 e. The number of amides is 1. The van der Waals surface area contributed by atoms with Crippen molar-refractivity contribution in [3.63, 3.8) is 0 Å². The molecule has 1 saturated heterocycles. The van der Waals surface area contributed by atoms with Crippen LogP contribution in [0.1, 0.15) is 12.8 Å². The van der Waals surface area contributed by atoms with Crippen molar-refractivity contribution in [1.82, 2.24) is 15.0 Å². The van der Waals surface area contributed by atoms with E-state index < -0.39 is 0 Å². The van der Waals surface area contributed by atoms with Crippen molar-refractivity contribution in [1.29, 1.82) is 0 Å². The lowest BCUT2D eigenvalue weighted by Crippen LogP contribution is -2.42. The van der Waals surface area contributed by atoms with Gasteiger partial charge in [0.05, 0.1) is 5.92 Å². The monoisotopic (exact) mass is 265 g/mol. The van der Waals surface area contributed by atoms with Crippen molar-refractivity contribution in [3.8, 4) is 0 Å². The van der Waals surface area contributed by atoms with Crippen LogP contribution >= 0.6 is 0 Å². The lowest BCUT2D eigenvalue weighted by atomic mass is 9.98. The third kappa shape index (κ3) is 3.01. The summed E-state index contributed by atoms with van der Waals surface area (Å²) in [7, 11) is 3.67. The molecule has 4 N–H and O–H groups in total. The maximum Gasteiger partial charge on any atom is 0.231 e. The first-order valence-corrected chi connectivity index (χ1v) is 6.20. The standard InChI is InChI=1S/C11H19N7O/c1-17(2)10-14-9(13)15-11(16-10)18-5-3-4-7(6-18)8(12)19/h7H,3-6H2,1-2H3,(H2,12,19)(H2,13,14,15,16). The fraction of sp³-hybridized carbons (Fsp3) is 0.636. The Morgan fingerprint density at radius 3 is 2.74 bits per heavy atom. The quantitative estimate of drug-likeness (QED) is 0.736. The number of carbonyl (C=O) groups excluding carboxylic acids is 1. The number of hydrogen-bond acceptors (Lipinski definition) is 7. The molecular formula is C11H19N7O. The highest BCUT2D eigenvalue weighted by Crippen LogP contribution is 2.21. The summed E-state index contributed by atoms with van der Waals surface area (Å²) in [5.41, 5.74) is 11.1. The summed E-state index contributed by atoms with van der Waals surface area (Å²) in [4.78, 5) is 27.5. The lowest BCUT2D eigenvalue weighted by Gasteiger charge is -2.31. The number of carbonyl (C=O) groups is 1. The van der Waals surface area contributed by atoms with Gasteiger partial charge in [0, 0.05) is 27.2 Å². The first kappa shape index (κ1) is 13.3. The Balaban J connectivity index is 2.23. The van der Waals surface area contributed by atoms with Crippen LogP contribution < -0.4 is 21.3 Å². The van der Waals surface area contributed by atoms with Crippen molar-refractivity contribution in [3.05, 3.63) is 0 Å². The molecule has 0 spiro atoms. The number of nitrogen functional groups attached to an aromatic ring is 1. The number of hydrogen-bond donors (Lipinski definition) is 2. The molecule has 2 rings (SSSR count). The first-order valence-electron chi connectivity index (χ1n) is 6.20. The third-order valence-electron chi connectivity index (χ3n) is 3.14. The van der Waals surface area contributed by atoms with Crippen molar-refractivity contribution in [2.24, 2.45) is 11.7 Å². The molecule has 104 valence electrons. The molecule has 1 atom stereocenters. The van der Waals surface area contributed by atoms with Gasteiger partial charge in [-0.05, 0) is 12.8 Å². The maximum atomic E-state index is 11.3. The van der Waals surface area contributed by atoms with Crippen LogP contribution in [0.15, 0.2) is 0 Å². The summed E-state index contributed by atoms with van der Waals surface area (Å²) < 4.78 is 0. The molecule has 1 fully saturated rings. The minimum atomic E-state index is -0.278. The molecule has 1 aromatic rings. The number of primary amides is 1. The van der Waals surface area contributed by atoms with Crippen LogP contribution in [0.4, 0.5) is 17.8 Å². The van der Waals surface area contributed by atoms with Crippen LogP contribution in [0, 0.1) is 5.92 Å². The van der Waals surface area contributed by atoms with Crippen LogP contribution in [0.3, 0.4) is 0 Å². The fourth-order valence-corrected chi connectivity index (χ4v) is 2.10. The zero-order chi connectivity index (χ0) is 14.0. The Morgan fingerprint density at radius 2 is 2.11 bits per heavy atom. The van der Waals surface area contributed by atoms with Crippen LogP contribution in [0.5, 0.6) is 0 Å². The van der Waals surface area contributed by atoms with Crippen LogP contribution in [-0.4, -0.2) is 48.0 Å². The molecule has 8 nitrogen and oxygen atoms in total. The second-order valence-electron chi connectivity index (χ2n) is 4.88. The van der Waals surface area contributed by atoms with E-state index in [9.17, 15) is 4.79 Å². The highest BCUT2D eigenvalue weighted by atomic mass is 16.1. The van der Waals surface area contributed by atoms with Gasteiger partial charge in [0.2, 0.25) is 23.8 Å². The summed E-state index contributed by atoms with van der Waals surface area (Å²) in [5, 5.41) is 0. The molecule has 1 aliphatic heterocycles. The highest BCUT2D eigenvalue weighted by molar-refractivity contribution is 5.77. The molecular weight excluding hydrogens is 246 g/mol. The summed E-state index contributed by atoms with van der Waals surface area (Å²) in [6, 6.07) is 0. The fourth-order valence-electron chi connectivity index (χ4n) is 2.10. The van der Waals surface area contributed by atoms with E-state index in [0.29, 0.717) is 18.4 Å². The van der Waals surface area contributed by atoms with Gasteiger partial charge in [-0.3, -0.25) is 4.79 Å². The molecule has 1 aliphatic rings. The minimum absolute atomic E-state index is 0.158. The second kappa shape index (κ2) is 5.25. The number of nitrogens with zero attached hydrogens (tertiary/aromatic N) is 5. The van der Waals surface area contributed by atoms with Crippen molar-refractivity contribution in [2.75, 3.05) is 42.7 Å². The van der Waals surface area contributed by atoms with Gasteiger partial charge in [0.15, 0.2) is 0 Å². The molecule has 0 aromatic carbocycles. The SMILES string of the molecule is CN(C)c1nc(N)nc(N2CCCC(C(N)=O)C2)n1. The molecule has 19 heavy (non-hydrogen) atoms. The Bertz CT molecular complexity index is 476. The van der Waals surface area contributed by atoms with Crippen LogP contribution in [0.2, 0.25) is 0 Å².